The molecule has 2 aromatic rings. The van der Waals surface area contributed by atoms with Crippen LogP contribution in [-0.4, -0.2) is 5.91 Å². The van der Waals surface area contributed by atoms with E-state index in [2.05, 4.69) is 0 Å². The summed E-state index contributed by atoms with van der Waals surface area (Å²) in [5, 5.41) is 1.55. The Hall–Kier alpha value is -2.58. The lowest BCUT2D eigenvalue weighted by molar-refractivity contribution is -0.143. The monoisotopic (exact) mass is 351 g/mol. The molecule has 2 aromatic carbocycles. The highest BCUT2D eigenvalue weighted by Gasteiger charge is 2.42. The van der Waals surface area contributed by atoms with Crippen molar-refractivity contribution in [2.75, 3.05) is 5.32 Å². The van der Waals surface area contributed by atoms with Gasteiger partial charge in [0.05, 0.1) is 6.42 Å². The Balaban J connectivity index is 2.36. The summed E-state index contributed by atoms with van der Waals surface area (Å²) in [6.45, 7) is 0. The fourth-order valence-electron chi connectivity index (χ4n) is 1.96. The van der Waals surface area contributed by atoms with Gasteiger partial charge in [0.15, 0.2) is 23.3 Å². The summed E-state index contributed by atoms with van der Waals surface area (Å²) in [5.74, 6) is -11.0. The van der Waals surface area contributed by atoms with Crippen molar-refractivity contribution < 1.29 is 35.5 Å². The molecule has 0 spiro atoms. The molecule has 9 heteroatoms. The van der Waals surface area contributed by atoms with Gasteiger partial charge in [-0.3, -0.25) is 4.79 Å². The summed E-state index contributed by atoms with van der Waals surface area (Å²) in [4.78, 5) is 11.7. The number of amides is 1. The first kappa shape index (κ1) is 17.8. The average molecular weight is 351 g/mol. The molecule has 1 N–H and O–H groups in total. The quantitative estimate of drug-likeness (QED) is 0.643. The van der Waals surface area contributed by atoms with Gasteiger partial charge < -0.3 is 5.32 Å². The van der Waals surface area contributed by atoms with Crippen LogP contribution in [0.3, 0.4) is 0 Å². The van der Waals surface area contributed by atoms with E-state index >= 15 is 0 Å². The van der Waals surface area contributed by atoms with Crippen molar-refractivity contribution >= 4 is 11.6 Å². The molecule has 0 atom stereocenters. The molecule has 0 aliphatic carbocycles. The molecule has 24 heavy (non-hydrogen) atoms. The topological polar surface area (TPSA) is 29.1 Å². The van der Waals surface area contributed by atoms with Crippen molar-refractivity contribution in [1.29, 1.82) is 0 Å². The number of hydrogen-bond donors (Lipinski definition) is 1. The van der Waals surface area contributed by atoms with E-state index in [1.807, 2.05) is 0 Å². The standard InChI is InChI=1S/C15H8F7NO/c16-10-9(15(20,21)22)11(17)13(19)14(12(10)18)23-8(24)6-7-4-2-1-3-5-7/h1-5H,6H2,(H,23,24). The molecule has 0 bridgehead atoms. The summed E-state index contributed by atoms with van der Waals surface area (Å²) in [6.07, 6.45) is -6.04. The first-order chi connectivity index (χ1) is 11.1. The van der Waals surface area contributed by atoms with Crippen LogP contribution in [0.5, 0.6) is 0 Å². The van der Waals surface area contributed by atoms with Gasteiger partial charge >= 0.3 is 6.18 Å². The lowest BCUT2D eigenvalue weighted by Crippen LogP contribution is -2.21. The van der Waals surface area contributed by atoms with Gasteiger partial charge in [0.1, 0.15) is 11.3 Å². The molecule has 0 heterocycles. The minimum atomic E-state index is -5.64. The van der Waals surface area contributed by atoms with E-state index in [1.54, 1.807) is 23.5 Å². The first-order valence-corrected chi connectivity index (χ1v) is 6.39. The van der Waals surface area contributed by atoms with Crippen molar-refractivity contribution in [2.45, 2.75) is 12.6 Å². The number of carbonyl (C=O) groups excluding carboxylic acids is 1. The highest BCUT2D eigenvalue weighted by Crippen LogP contribution is 2.38. The van der Waals surface area contributed by atoms with Crippen molar-refractivity contribution in [3.8, 4) is 0 Å². The summed E-state index contributed by atoms with van der Waals surface area (Å²) >= 11 is 0. The molecule has 0 saturated carbocycles. The maximum atomic E-state index is 13.6. The van der Waals surface area contributed by atoms with Gasteiger partial charge in [-0.1, -0.05) is 30.3 Å². The van der Waals surface area contributed by atoms with Crippen LogP contribution in [0.4, 0.5) is 36.4 Å². The zero-order valence-corrected chi connectivity index (χ0v) is 11.6. The summed E-state index contributed by atoms with van der Waals surface area (Å²) in [5.41, 5.74) is -3.89. The van der Waals surface area contributed by atoms with E-state index in [4.69, 9.17) is 0 Å². The van der Waals surface area contributed by atoms with Crippen LogP contribution in [0, 0.1) is 23.3 Å². The Morgan fingerprint density at radius 1 is 0.875 bits per heavy atom. The van der Waals surface area contributed by atoms with Gasteiger partial charge in [-0.2, -0.15) is 13.2 Å². The molecule has 2 nitrogen and oxygen atoms in total. The molecular formula is C15H8F7NO. The Kier molecular flexibility index (Phi) is 4.81. The zero-order chi connectivity index (χ0) is 18.1. The van der Waals surface area contributed by atoms with E-state index in [9.17, 15) is 35.5 Å². The number of nitrogens with one attached hydrogen (secondary N) is 1. The minimum Gasteiger partial charge on any atom is -0.321 e. The smallest absolute Gasteiger partial charge is 0.321 e. The molecular weight excluding hydrogens is 343 g/mol. The van der Waals surface area contributed by atoms with E-state index < -0.39 is 53.0 Å². The van der Waals surface area contributed by atoms with Gasteiger partial charge in [0, 0.05) is 0 Å². The van der Waals surface area contributed by atoms with Crippen LogP contribution in [0.2, 0.25) is 0 Å². The molecule has 128 valence electrons. The van der Waals surface area contributed by atoms with Crippen LogP contribution in [-0.2, 0) is 17.4 Å². The van der Waals surface area contributed by atoms with E-state index in [0.717, 1.165) is 0 Å². The highest BCUT2D eigenvalue weighted by atomic mass is 19.4. The van der Waals surface area contributed by atoms with Crippen molar-refractivity contribution in [3.63, 3.8) is 0 Å². The van der Waals surface area contributed by atoms with E-state index in [1.165, 1.54) is 12.1 Å². The van der Waals surface area contributed by atoms with Crippen molar-refractivity contribution in [2.24, 2.45) is 0 Å². The molecule has 2 rings (SSSR count). The summed E-state index contributed by atoms with van der Waals surface area (Å²) in [7, 11) is 0. The number of anilines is 1. The predicted octanol–water partition coefficient (Wildman–Crippen LogP) is 4.44. The highest BCUT2D eigenvalue weighted by molar-refractivity contribution is 5.92. The summed E-state index contributed by atoms with van der Waals surface area (Å²) in [6, 6.07) is 7.78. The second kappa shape index (κ2) is 6.50. The SMILES string of the molecule is O=C(Cc1ccccc1)Nc1c(F)c(F)c(C(F)(F)F)c(F)c1F. The molecule has 0 unspecified atom stereocenters. The second-order valence-corrected chi connectivity index (χ2v) is 4.71. The Morgan fingerprint density at radius 2 is 1.38 bits per heavy atom. The average Bonchev–Trinajstić information content (AvgIpc) is 2.49. The lowest BCUT2D eigenvalue weighted by Gasteiger charge is -2.14. The number of benzene rings is 2. The summed E-state index contributed by atoms with van der Waals surface area (Å²) < 4.78 is 91.5. The molecule has 0 aliphatic heterocycles. The Bertz CT molecular complexity index is 743. The van der Waals surface area contributed by atoms with Gasteiger partial charge in [-0.25, -0.2) is 17.6 Å². The number of carbonyl (C=O) groups is 1. The van der Waals surface area contributed by atoms with Gasteiger partial charge in [0.2, 0.25) is 5.91 Å². The van der Waals surface area contributed by atoms with Crippen molar-refractivity contribution in [1.82, 2.24) is 0 Å². The molecule has 0 aromatic heterocycles. The number of hydrogen-bond acceptors (Lipinski definition) is 1. The number of rotatable bonds is 3. The zero-order valence-electron chi connectivity index (χ0n) is 11.6. The van der Waals surface area contributed by atoms with Gasteiger partial charge in [-0.15, -0.1) is 0 Å². The maximum absolute atomic E-state index is 13.6. The molecule has 0 radical (unpaired) electrons. The van der Waals surface area contributed by atoms with Crippen LogP contribution >= 0.6 is 0 Å². The third-order valence-electron chi connectivity index (χ3n) is 3.02. The first-order valence-electron chi connectivity index (χ1n) is 6.39. The largest absolute Gasteiger partial charge is 0.422 e. The molecule has 0 saturated heterocycles. The van der Waals surface area contributed by atoms with Crippen LogP contribution < -0.4 is 5.32 Å². The third-order valence-corrected chi connectivity index (χ3v) is 3.02. The lowest BCUT2D eigenvalue weighted by atomic mass is 10.1. The van der Waals surface area contributed by atoms with E-state index in [0.29, 0.717) is 5.56 Å². The molecule has 0 fully saturated rings. The minimum absolute atomic E-state index is 0.399. The van der Waals surface area contributed by atoms with Crippen LogP contribution in [0.25, 0.3) is 0 Å². The predicted molar refractivity (Wildman–Crippen MR) is 70.1 cm³/mol. The van der Waals surface area contributed by atoms with Crippen molar-refractivity contribution in [3.05, 3.63) is 64.7 Å². The number of halogens is 7. The van der Waals surface area contributed by atoms with Gasteiger partial charge in [-0.05, 0) is 5.56 Å². The Labute approximate surface area is 130 Å². The number of alkyl halides is 3. The Morgan fingerprint density at radius 3 is 1.83 bits per heavy atom. The normalized spacial score (nSPS) is 11.5. The van der Waals surface area contributed by atoms with E-state index in [-0.39, 0.29) is 0 Å². The van der Waals surface area contributed by atoms with Crippen LogP contribution in [0.1, 0.15) is 11.1 Å². The maximum Gasteiger partial charge on any atom is 0.422 e. The second-order valence-electron chi connectivity index (χ2n) is 4.71. The molecule has 1 amide bonds. The molecule has 0 aliphatic rings. The third kappa shape index (κ3) is 3.50. The van der Waals surface area contributed by atoms with Gasteiger partial charge in [0.25, 0.3) is 0 Å². The van der Waals surface area contributed by atoms with Crippen LogP contribution in [0.15, 0.2) is 30.3 Å². The fraction of sp³-hybridized carbons (Fsp3) is 0.133. The fourth-order valence-corrected chi connectivity index (χ4v) is 1.96.